The van der Waals surface area contributed by atoms with Gasteiger partial charge in [0.25, 0.3) is 0 Å². The highest BCUT2D eigenvalue weighted by molar-refractivity contribution is 5.98. The van der Waals surface area contributed by atoms with Crippen molar-refractivity contribution < 1.29 is 9.15 Å². The minimum atomic E-state index is 0.622. The summed E-state index contributed by atoms with van der Waals surface area (Å²) in [6, 6.07) is 13.7. The van der Waals surface area contributed by atoms with Crippen molar-refractivity contribution in [3.63, 3.8) is 0 Å². The SMILES string of the molecule is COc1ccc2c(-c3ccoc3)cc(C#N)cc2c1. The molecule has 92 valence electrons. The summed E-state index contributed by atoms with van der Waals surface area (Å²) in [5, 5.41) is 11.2. The molecule has 0 unspecified atom stereocenters. The van der Waals surface area contributed by atoms with Crippen molar-refractivity contribution in [2.24, 2.45) is 0 Å². The second-order valence-corrected chi connectivity index (χ2v) is 4.23. The van der Waals surface area contributed by atoms with Crippen molar-refractivity contribution in [1.82, 2.24) is 0 Å². The van der Waals surface area contributed by atoms with Crippen LogP contribution in [0.5, 0.6) is 5.75 Å². The summed E-state index contributed by atoms with van der Waals surface area (Å²) >= 11 is 0. The second kappa shape index (κ2) is 4.51. The lowest BCUT2D eigenvalue weighted by atomic mass is 9.97. The Morgan fingerprint density at radius 3 is 2.74 bits per heavy atom. The topological polar surface area (TPSA) is 46.2 Å². The first-order chi connectivity index (χ1) is 9.31. The van der Waals surface area contributed by atoms with E-state index < -0.39 is 0 Å². The van der Waals surface area contributed by atoms with E-state index in [0.717, 1.165) is 27.6 Å². The van der Waals surface area contributed by atoms with Crippen LogP contribution in [0.2, 0.25) is 0 Å². The van der Waals surface area contributed by atoms with Crippen LogP contribution in [0, 0.1) is 11.3 Å². The molecule has 3 aromatic rings. The van der Waals surface area contributed by atoms with Gasteiger partial charge >= 0.3 is 0 Å². The van der Waals surface area contributed by atoms with Gasteiger partial charge in [-0.15, -0.1) is 0 Å². The van der Waals surface area contributed by atoms with Crippen molar-refractivity contribution in [3.8, 4) is 22.9 Å². The predicted octanol–water partition coefficient (Wildman–Crippen LogP) is 3.98. The third-order valence-electron chi connectivity index (χ3n) is 3.12. The molecule has 0 aliphatic heterocycles. The number of nitrogens with zero attached hydrogens (tertiary/aromatic N) is 1. The van der Waals surface area contributed by atoms with E-state index in [2.05, 4.69) is 6.07 Å². The summed E-state index contributed by atoms with van der Waals surface area (Å²) in [5.41, 5.74) is 2.58. The molecular formula is C16H11NO2. The van der Waals surface area contributed by atoms with E-state index in [9.17, 15) is 0 Å². The van der Waals surface area contributed by atoms with E-state index in [1.165, 1.54) is 0 Å². The van der Waals surface area contributed by atoms with Crippen LogP contribution in [0.15, 0.2) is 53.3 Å². The van der Waals surface area contributed by atoms with E-state index >= 15 is 0 Å². The molecule has 0 aliphatic carbocycles. The van der Waals surface area contributed by atoms with Crippen LogP contribution in [0.25, 0.3) is 21.9 Å². The Bertz CT molecular complexity index is 767. The van der Waals surface area contributed by atoms with Crippen molar-refractivity contribution in [2.45, 2.75) is 0 Å². The summed E-state index contributed by atoms with van der Waals surface area (Å²) < 4.78 is 10.4. The number of hydrogen-bond donors (Lipinski definition) is 0. The molecule has 0 atom stereocenters. The fourth-order valence-electron chi connectivity index (χ4n) is 2.20. The van der Waals surface area contributed by atoms with E-state index in [4.69, 9.17) is 14.4 Å². The smallest absolute Gasteiger partial charge is 0.119 e. The highest BCUT2D eigenvalue weighted by Gasteiger charge is 2.08. The number of hydrogen-bond acceptors (Lipinski definition) is 3. The summed E-state index contributed by atoms with van der Waals surface area (Å²) in [6.45, 7) is 0. The Morgan fingerprint density at radius 2 is 2.05 bits per heavy atom. The molecule has 0 fully saturated rings. The Balaban J connectivity index is 2.34. The van der Waals surface area contributed by atoms with Crippen LogP contribution >= 0.6 is 0 Å². The summed E-state index contributed by atoms with van der Waals surface area (Å²) in [7, 11) is 1.63. The molecule has 0 saturated carbocycles. The third-order valence-corrected chi connectivity index (χ3v) is 3.12. The molecular weight excluding hydrogens is 238 g/mol. The minimum Gasteiger partial charge on any atom is -0.497 e. The number of benzene rings is 2. The number of ether oxygens (including phenoxy) is 1. The molecule has 3 heteroatoms. The van der Waals surface area contributed by atoms with Crippen molar-refractivity contribution >= 4 is 10.8 Å². The van der Waals surface area contributed by atoms with Gasteiger partial charge in [0.1, 0.15) is 5.75 Å². The minimum absolute atomic E-state index is 0.622. The summed E-state index contributed by atoms with van der Waals surface area (Å²) in [5.74, 6) is 0.778. The predicted molar refractivity (Wildman–Crippen MR) is 72.9 cm³/mol. The van der Waals surface area contributed by atoms with Crippen LogP contribution in [0.4, 0.5) is 0 Å². The molecule has 1 aromatic heterocycles. The molecule has 0 bridgehead atoms. The lowest BCUT2D eigenvalue weighted by Crippen LogP contribution is -1.86. The Morgan fingerprint density at radius 1 is 1.16 bits per heavy atom. The Kier molecular flexibility index (Phi) is 2.70. The monoisotopic (exact) mass is 249 g/mol. The summed E-state index contributed by atoms with van der Waals surface area (Å²) in [4.78, 5) is 0. The number of fused-ring (bicyclic) bond motifs is 1. The molecule has 19 heavy (non-hydrogen) atoms. The maximum atomic E-state index is 9.14. The third kappa shape index (κ3) is 1.94. The van der Waals surface area contributed by atoms with Gasteiger partial charge in [-0.2, -0.15) is 5.26 Å². The van der Waals surface area contributed by atoms with E-state index in [1.807, 2.05) is 36.4 Å². The lowest BCUT2D eigenvalue weighted by molar-refractivity contribution is 0.415. The largest absolute Gasteiger partial charge is 0.497 e. The van der Waals surface area contributed by atoms with Crippen LogP contribution in [0.1, 0.15) is 5.56 Å². The molecule has 0 aliphatic rings. The number of rotatable bonds is 2. The molecule has 0 N–H and O–H groups in total. The maximum Gasteiger partial charge on any atom is 0.119 e. The average molecular weight is 249 g/mol. The number of furan rings is 1. The molecule has 1 heterocycles. The Labute approximate surface area is 110 Å². The van der Waals surface area contributed by atoms with Crippen LogP contribution in [-0.4, -0.2) is 7.11 Å². The quantitative estimate of drug-likeness (QED) is 0.690. The van der Waals surface area contributed by atoms with Gasteiger partial charge in [0.15, 0.2) is 0 Å². The van der Waals surface area contributed by atoms with Crippen molar-refractivity contribution in [3.05, 3.63) is 54.5 Å². The van der Waals surface area contributed by atoms with Gasteiger partial charge in [-0.1, -0.05) is 6.07 Å². The lowest BCUT2D eigenvalue weighted by Gasteiger charge is -2.07. The Hall–Kier alpha value is -2.73. The standard InChI is InChI=1S/C16H11NO2/c1-18-14-2-3-15-13(8-14)6-11(9-17)7-16(15)12-4-5-19-10-12/h2-8,10H,1H3. The zero-order valence-electron chi connectivity index (χ0n) is 10.4. The zero-order valence-corrected chi connectivity index (χ0v) is 10.4. The normalized spacial score (nSPS) is 10.3. The van der Waals surface area contributed by atoms with Crippen LogP contribution in [0.3, 0.4) is 0 Å². The first-order valence-corrected chi connectivity index (χ1v) is 5.86. The van der Waals surface area contributed by atoms with E-state index in [1.54, 1.807) is 19.6 Å². The molecule has 0 saturated heterocycles. The zero-order chi connectivity index (χ0) is 13.2. The molecule has 0 amide bonds. The molecule has 3 rings (SSSR count). The van der Waals surface area contributed by atoms with Gasteiger partial charge in [-0.05, 0) is 46.7 Å². The highest BCUT2D eigenvalue weighted by Crippen LogP contribution is 2.32. The van der Waals surface area contributed by atoms with Crippen molar-refractivity contribution in [2.75, 3.05) is 7.11 Å². The first kappa shape index (κ1) is 11.4. The second-order valence-electron chi connectivity index (χ2n) is 4.23. The van der Waals surface area contributed by atoms with Gasteiger partial charge in [-0.3, -0.25) is 0 Å². The number of methoxy groups -OCH3 is 1. The van der Waals surface area contributed by atoms with Gasteiger partial charge < -0.3 is 9.15 Å². The van der Waals surface area contributed by atoms with Gasteiger partial charge in [0.05, 0.1) is 31.3 Å². The highest BCUT2D eigenvalue weighted by atomic mass is 16.5. The van der Waals surface area contributed by atoms with E-state index in [-0.39, 0.29) is 0 Å². The van der Waals surface area contributed by atoms with E-state index in [0.29, 0.717) is 5.56 Å². The fourth-order valence-corrected chi connectivity index (χ4v) is 2.20. The van der Waals surface area contributed by atoms with Crippen molar-refractivity contribution in [1.29, 1.82) is 5.26 Å². The van der Waals surface area contributed by atoms with Crippen LogP contribution < -0.4 is 4.74 Å². The number of nitriles is 1. The summed E-state index contributed by atoms with van der Waals surface area (Å²) in [6.07, 6.45) is 3.31. The molecule has 3 nitrogen and oxygen atoms in total. The average Bonchev–Trinajstić information content (AvgIpc) is 2.99. The fraction of sp³-hybridized carbons (Fsp3) is 0.0625. The molecule has 2 aromatic carbocycles. The molecule has 0 spiro atoms. The van der Waals surface area contributed by atoms with Crippen LogP contribution in [-0.2, 0) is 0 Å². The molecule has 0 radical (unpaired) electrons. The maximum absolute atomic E-state index is 9.14. The first-order valence-electron chi connectivity index (χ1n) is 5.86. The van der Waals surface area contributed by atoms with Gasteiger partial charge in [0.2, 0.25) is 0 Å². The van der Waals surface area contributed by atoms with Gasteiger partial charge in [0, 0.05) is 5.56 Å². The van der Waals surface area contributed by atoms with Gasteiger partial charge in [-0.25, -0.2) is 0 Å².